The minimum absolute atomic E-state index is 0.0586. The topological polar surface area (TPSA) is 59.7 Å². The van der Waals surface area contributed by atoms with E-state index in [4.69, 9.17) is 4.74 Å². The fraction of sp³-hybridized carbons (Fsp3) is 0.278. The molecule has 0 amide bonds. The van der Waals surface area contributed by atoms with Crippen LogP contribution < -0.4 is 10.5 Å². The van der Waals surface area contributed by atoms with Crippen LogP contribution in [-0.4, -0.2) is 33.6 Å². The minimum atomic E-state index is -0.0586. The van der Waals surface area contributed by atoms with Crippen molar-refractivity contribution in [1.82, 2.24) is 14.4 Å². The van der Waals surface area contributed by atoms with Gasteiger partial charge < -0.3 is 9.64 Å². The SMILES string of the molecule is O=c1cc(N2CC[C@@H](OCc3ccncc3)C2)nc2ccccn12. The highest BCUT2D eigenvalue weighted by atomic mass is 16.5. The summed E-state index contributed by atoms with van der Waals surface area (Å²) in [7, 11) is 0. The average Bonchev–Trinajstić information content (AvgIpc) is 3.10. The molecule has 0 radical (unpaired) electrons. The van der Waals surface area contributed by atoms with E-state index in [0.717, 1.165) is 30.9 Å². The van der Waals surface area contributed by atoms with Crippen molar-refractivity contribution in [2.45, 2.75) is 19.1 Å². The van der Waals surface area contributed by atoms with Crippen LogP contribution in [0.25, 0.3) is 5.65 Å². The van der Waals surface area contributed by atoms with Crippen LogP contribution in [0.1, 0.15) is 12.0 Å². The van der Waals surface area contributed by atoms with E-state index in [1.54, 1.807) is 29.1 Å². The zero-order valence-electron chi connectivity index (χ0n) is 13.2. The average molecular weight is 322 g/mol. The molecule has 3 aromatic rings. The van der Waals surface area contributed by atoms with E-state index >= 15 is 0 Å². The molecule has 1 aliphatic heterocycles. The van der Waals surface area contributed by atoms with Crippen molar-refractivity contribution in [2.24, 2.45) is 0 Å². The van der Waals surface area contributed by atoms with E-state index in [1.165, 1.54) is 0 Å². The number of pyridine rings is 2. The number of hydrogen-bond acceptors (Lipinski definition) is 5. The lowest BCUT2D eigenvalue weighted by molar-refractivity contribution is 0.0553. The number of ether oxygens (including phenoxy) is 1. The van der Waals surface area contributed by atoms with Gasteiger partial charge in [0.2, 0.25) is 0 Å². The van der Waals surface area contributed by atoms with Crippen LogP contribution in [0.15, 0.2) is 59.8 Å². The maximum Gasteiger partial charge on any atom is 0.259 e. The number of hydrogen-bond donors (Lipinski definition) is 0. The van der Waals surface area contributed by atoms with Crippen molar-refractivity contribution in [3.63, 3.8) is 0 Å². The van der Waals surface area contributed by atoms with Crippen molar-refractivity contribution in [2.75, 3.05) is 18.0 Å². The summed E-state index contributed by atoms with van der Waals surface area (Å²) in [6, 6.07) is 11.1. The van der Waals surface area contributed by atoms with E-state index < -0.39 is 0 Å². The van der Waals surface area contributed by atoms with E-state index in [1.807, 2.05) is 30.3 Å². The van der Waals surface area contributed by atoms with Gasteiger partial charge in [0.1, 0.15) is 11.5 Å². The number of aromatic nitrogens is 3. The summed E-state index contributed by atoms with van der Waals surface area (Å²) in [5.41, 5.74) is 1.73. The monoisotopic (exact) mass is 322 g/mol. The molecule has 0 saturated carbocycles. The Kier molecular flexibility index (Phi) is 3.96. The van der Waals surface area contributed by atoms with E-state index in [2.05, 4.69) is 14.9 Å². The van der Waals surface area contributed by atoms with Crippen LogP contribution in [0.4, 0.5) is 5.82 Å². The molecule has 0 aliphatic carbocycles. The van der Waals surface area contributed by atoms with Gasteiger partial charge in [-0.3, -0.25) is 14.2 Å². The molecule has 0 N–H and O–H groups in total. The summed E-state index contributed by atoms with van der Waals surface area (Å²) in [6.07, 6.45) is 6.35. The first-order valence-electron chi connectivity index (χ1n) is 8.03. The summed E-state index contributed by atoms with van der Waals surface area (Å²) in [6.45, 7) is 2.17. The van der Waals surface area contributed by atoms with E-state index in [-0.39, 0.29) is 11.7 Å². The summed E-state index contributed by atoms with van der Waals surface area (Å²) in [5.74, 6) is 0.723. The highest BCUT2D eigenvalue weighted by Crippen LogP contribution is 2.20. The second-order valence-corrected chi connectivity index (χ2v) is 5.90. The molecule has 1 saturated heterocycles. The lowest BCUT2D eigenvalue weighted by Crippen LogP contribution is -2.26. The molecule has 4 heterocycles. The third-order valence-corrected chi connectivity index (χ3v) is 4.26. The minimum Gasteiger partial charge on any atom is -0.372 e. The molecule has 0 bridgehead atoms. The molecule has 1 fully saturated rings. The predicted octanol–water partition coefficient (Wildman–Crippen LogP) is 1.89. The van der Waals surface area contributed by atoms with Crippen LogP contribution in [0.5, 0.6) is 0 Å². The highest BCUT2D eigenvalue weighted by Gasteiger charge is 2.24. The normalized spacial score (nSPS) is 17.5. The van der Waals surface area contributed by atoms with Crippen LogP contribution >= 0.6 is 0 Å². The van der Waals surface area contributed by atoms with Gasteiger partial charge in [0, 0.05) is 37.7 Å². The van der Waals surface area contributed by atoms with Crippen molar-refractivity contribution < 1.29 is 4.74 Å². The summed E-state index contributed by atoms with van der Waals surface area (Å²) >= 11 is 0. The van der Waals surface area contributed by atoms with Gasteiger partial charge in [-0.15, -0.1) is 0 Å². The Morgan fingerprint density at radius 2 is 2.08 bits per heavy atom. The number of nitrogens with zero attached hydrogens (tertiary/aromatic N) is 4. The van der Waals surface area contributed by atoms with Gasteiger partial charge in [0.05, 0.1) is 12.7 Å². The first-order chi connectivity index (χ1) is 11.8. The van der Waals surface area contributed by atoms with Gasteiger partial charge in [-0.2, -0.15) is 0 Å². The molecule has 24 heavy (non-hydrogen) atoms. The number of fused-ring (bicyclic) bond motifs is 1. The zero-order chi connectivity index (χ0) is 16.4. The highest BCUT2D eigenvalue weighted by molar-refractivity contribution is 5.48. The van der Waals surface area contributed by atoms with Crippen LogP contribution in [0, 0.1) is 0 Å². The Morgan fingerprint density at radius 3 is 2.96 bits per heavy atom. The Bertz CT molecular complexity index is 894. The molecule has 1 aliphatic rings. The zero-order valence-corrected chi connectivity index (χ0v) is 13.2. The van der Waals surface area contributed by atoms with Crippen LogP contribution in [0.2, 0.25) is 0 Å². The molecule has 6 nitrogen and oxygen atoms in total. The van der Waals surface area contributed by atoms with Gasteiger partial charge in [-0.25, -0.2) is 4.98 Å². The Labute approximate surface area is 139 Å². The Hall–Kier alpha value is -2.73. The first-order valence-corrected chi connectivity index (χ1v) is 8.03. The lowest BCUT2D eigenvalue weighted by Gasteiger charge is -2.18. The largest absolute Gasteiger partial charge is 0.372 e. The Balaban J connectivity index is 1.46. The smallest absolute Gasteiger partial charge is 0.259 e. The predicted molar refractivity (Wildman–Crippen MR) is 91.1 cm³/mol. The van der Waals surface area contributed by atoms with Gasteiger partial charge in [0.15, 0.2) is 0 Å². The fourth-order valence-electron chi connectivity index (χ4n) is 2.97. The third-order valence-electron chi connectivity index (χ3n) is 4.26. The van der Waals surface area contributed by atoms with Crippen molar-refractivity contribution in [1.29, 1.82) is 0 Å². The second-order valence-electron chi connectivity index (χ2n) is 5.90. The summed E-state index contributed by atoms with van der Waals surface area (Å²) in [5, 5.41) is 0. The summed E-state index contributed by atoms with van der Waals surface area (Å²) in [4.78, 5) is 22.9. The van der Waals surface area contributed by atoms with Crippen LogP contribution in [-0.2, 0) is 11.3 Å². The van der Waals surface area contributed by atoms with Crippen molar-refractivity contribution in [3.8, 4) is 0 Å². The molecule has 3 aromatic heterocycles. The standard InChI is InChI=1S/C18H18N4O2/c23-18-11-17(20-16-3-1-2-9-22(16)18)21-10-6-15(12-21)24-13-14-4-7-19-8-5-14/h1-5,7-9,11,15H,6,10,12-13H2/t15-/m1/s1. The second kappa shape index (κ2) is 6.41. The van der Waals surface area contributed by atoms with Crippen molar-refractivity contribution >= 4 is 11.5 Å². The molecule has 1 atom stereocenters. The molecule has 6 heteroatoms. The number of rotatable bonds is 4. The van der Waals surface area contributed by atoms with Gasteiger partial charge in [-0.05, 0) is 36.2 Å². The molecular formula is C18H18N4O2. The number of anilines is 1. The van der Waals surface area contributed by atoms with E-state index in [0.29, 0.717) is 12.3 Å². The van der Waals surface area contributed by atoms with E-state index in [9.17, 15) is 4.79 Å². The van der Waals surface area contributed by atoms with Gasteiger partial charge in [0.25, 0.3) is 5.56 Å². The molecule has 0 unspecified atom stereocenters. The third kappa shape index (κ3) is 3.00. The lowest BCUT2D eigenvalue weighted by atomic mass is 10.3. The maximum absolute atomic E-state index is 12.2. The molecule has 4 rings (SSSR count). The van der Waals surface area contributed by atoms with Crippen molar-refractivity contribution in [3.05, 3.63) is 70.9 Å². The fourth-order valence-corrected chi connectivity index (χ4v) is 2.97. The van der Waals surface area contributed by atoms with Gasteiger partial charge in [-0.1, -0.05) is 6.07 Å². The molecular weight excluding hydrogens is 304 g/mol. The molecule has 122 valence electrons. The molecule has 0 spiro atoms. The van der Waals surface area contributed by atoms with Crippen LogP contribution in [0.3, 0.4) is 0 Å². The molecule has 0 aromatic carbocycles. The quantitative estimate of drug-likeness (QED) is 0.734. The summed E-state index contributed by atoms with van der Waals surface area (Å²) < 4.78 is 7.53. The van der Waals surface area contributed by atoms with Gasteiger partial charge >= 0.3 is 0 Å². The first kappa shape index (κ1) is 14.8. The maximum atomic E-state index is 12.2. The Morgan fingerprint density at radius 1 is 1.21 bits per heavy atom.